The van der Waals surface area contributed by atoms with Gasteiger partial charge in [-0.15, -0.1) is 0 Å². The van der Waals surface area contributed by atoms with Crippen molar-refractivity contribution >= 4 is 43.7 Å². The van der Waals surface area contributed by atoms with E-state index in [1.165, 1.54) is 0 Å². The molecule has 0 amide bonds. The van der Waals surface area contributed by atoms with Gasteiger partial charge in [0.05, 0.1) is 11.0 Å². The first-order valence-electron chi connectivity index (χ1n) is 14.6. The average molecular weight is 565 g/mol. The van der Waals surface area contributed by atoms with Crippen molar-refractivity contribution in [3.05, 3.63) is 146 Å². The fourth-order valence-electron chi connectivity index (χ4n) is 6.26. The van der Waals surface area contributed by atoms with Crippen molar-refractivity contribution in [2.75, 3.05) is 0 Å². The van der Waals surface area contributed by atoms with Crippen molar-refractivity contribution in [3.63, 3.8) is 0 Å². The summed E-state index contributed by atoms with van der Waals surface area (Å²) in [4.78, 5) is 15.3. The number of furan rings is 1. The van der Waals surface area contributed by atoms with E-state index in [2.05, 4.69) is 95.6 Å². The first-order valence-corrected chi connectivity index (χ1v) is 14.6. The summed E-state index contributed by atoms with van der Waals surface area (Å²) in [7, 11) is 0. The van der Waals surface area contributed by atoms with E-state index in [1.807, 2.05) is 54.6 Å². The van der Waals surface area contributed by atoms with E-state index in [1.54, 1.807) is 0 Å². The molecule has 9 aromatic rings. The average Bonchev–Trinajstić information content (AvgIpc) is 3.64. The lowest BCUT2D eigenvalue weighted by Crippen LogP contribution is -2.06. The molecule has 5 heteroatoms. The lowest BCUT2D eigenvalue weighted by atomic mass is 10.0. The Morgan fingerprint density at radius 3 is 1.80 bits per heavy atom. The van der Waals surface area contributed by atoms with Gasteiger partial charge in [-0.05, 0) is 41.5 Å². The molecule has 9 rings (SSSR count). The van der Waals surface area contributed by atoms with Gasteiger partial charge in [-0.2, -0.15) is 9.97 Å². The van der Waals surface area contributed by atoms with Crippen LogP contribution in [0.4, 0.5) is 0 Å². The summed E-state index contributed by atoms with van der Waals surface area (Å²) in [5.74, 6) is 1.78. The van der Waals surface area contributed by atoms with Crippen LogP contribution in [0.1, 0.15) is 0 Å². The summed E-state index contributed by atoms with van der Waals surface area (Å²) in [6, 6.07) is 49.7. The van der Waals surface area contributed by atoms with Crippen molar-refractivity contribution in [2.45, 2.75) is 0 Å². The highest BCUT2D eigenvalue weighted by Crippen LogP contribution is 2.38. The number of benzene rings is 6. The molecule has 0 N–H and O–H groups in total. The molecule has 0 bridgehead atoms. The molecule has 0 aliphatic carbocycles. The van der Waals surface area contributed by atoms with Gasteiger partial charge in [0.15, 0.2) is 11.6 Å². The van der Waals surface area contributed by atoms with Gasteiger partial charge in [0.1, 0.15) is 11.2 Å². The van der Waals surface area contributed by atoms with Crippen molar-refractivity contribution < 1.29 is 4.42 Å². The van der Waals surface area contributed by atoms with E-state index < -0.39 is 0 Å². The summed E-state index contributed by atoms with van der Waals surface area (Å²) in [5.41, 5.74) is 7.81. The van der Waals surface area contributed by atoms with Crippen molar-refractivity contribution in [3.8, 4) is 39.9 Å². The van der Waals surface area contributed by atoms with E-state index in [4.69, 9.17) is 19.4 Å². The summed E-state index contributed by atoms with van der Waals surface area (Å²) in [6.07, 6.45) is 0. The Morgan fingerprint density at radius 2 is 1.07 bits per heavy atom. The minimum Gasteiger partial charge on any atom is -0.456 e. The molecule has 6 aromatic carbocycles. The van der Waals surface area contributed by atoms with E-state index in [-0.39, 0.29) is 0 Å². The molecule has 0 saturated carbocycles. The van der Waals surface area contributed by atoms with Gasteiger partial charge in [0, 0.05) is 32.7 Å². The third-order valence-electron chi connectivity index (χ3n) is 8.28. The molecule has 0 aliphatic rings. The van der Waals surface area contributed by atoms with Crippen LogP contribution in [0, 0.1) is 0 Å². The van der Waals surface area contributed by atoms with Gasteiger partial charge in [-0.25, -0.2) is 4.98 Å². The molecule has 0 fully saturated rings. The summed E-state index contributed by atoms with van der Waals surface area (Å²) in [5, 5.41) is 4.32. The van der Waals surface area contributed by atoms with Crippen LogP contribution in [0.3, 0.4) is 0 Å². The van der Waals surface area contributed by atoms with Crippen molar-refractivity contribution in [1.82, 2.24) is 19.5 Å². The summed E-state index contributed by atoms with van der Waals surface area (Å²) < 4.78 is 8.50. The van der Waals surface area contributed by atoms with Crippen LogP contribution in [-0.4, -0.2) is 19.5 Å². The van der Waals surface area contributed by atoms with Crippen molar-refractivity contribution in [2.24, 2.45) is 0 Å². The topological polar surface area (TPSA) is 56.7 Å². The lowest BCUT2D eigenvalue weighted by molar-refractivity contribution is 0.669. The SMILES string of the molecule is c1ccc(-c2ccc3oc4cccc(-c5nc(-c6ccccc6)nc(-n6c7ccccc7c7ccccc76)n5)c4c3c2)cc1. The molecule has 0 unspecified atom stereocenters. The van der Waals surface area contributed by atoms with Crippen LogP contribution in [0.15, 0.2) is 150 Å². The van der Waals surface area contributed by atoms with Crippen molar-refractivity contribution in [1.29, 1.82) is 0 Å². The van der Waals surface area contributed by atoms with Gasteiger partial charge in [-0.3, -0.25) is 4.57 Å². The largest absolute Gasteiger partial charge is 0.456 e. The molecule has 206 valence electrons. The Balaban J connectivity index is 1.35. The van der Waals surface area contributed by atoms with E-state index >= 15 is 0 Å². The maximum atomic E-state index is 6.36. The number of hydrogen-bond donors (Lipinski definition) is 0. The maximum Gasteiger partial charge on any atom is 0.238 e. The predicted octanol–water partition coefficient (Wildman–Crippen LogP) is 9.87. The fraction of sp³-hybridized carbons (Fsp3) is 0. The minimum atomic E-state index is 0.570. The highest BCUT2D eigenvalue weighted by atomic mass is 16.3. The summed E-state index contributed by atoms with van der Waals surface area (Å²) >= 11 is 0. The van der Waals surface area contributed by atoms with Crippen LogP contribution in [0.2, 0.25) is 0 Å². The molecular formula is C39H24N4O. The number of aromatic nitrogens is 4. The first kappa shape index (κ1) is 24.5. The maximum absolute atomic E-state index is 6.36. The van der Waals surface area contributed by atoms with Gasteiger partial charge in [0.2, 0.25) is 5.95 Å². The van der Waals surface area contributed by atoms with Crippen LogP contribution in [0.5, 0.6) is 0 Å². The van der Waals surface area contributed by atoms with Crippen LogP contribution < -0.4 is 0 Å². The Kier molecular flexibility index (Phi) is 5.43. The lowest BCUT2D eigenvalue weighted by Gasteiger charge is -2.11. The number of fused-ring (bicyclic) bond motifs is 6. The zero-order valence-electron chi connectivity index (χ0n) is 23.6. The zero-order valence-corrected chi connectivity index (χ0v) is 23.6. The third kappa shape index (κ3) is 3.83. The highest BCUT2D eigenvalue weighted by Gasteiger charge is 2.20. The minimum absolute atomic E-state index is 0.570. The molecule has 44 heavy (non-hydrogen) atoms. The second-order valence-corrected chi connectivity index (χ2v) is 10.9. The molecule has 0 radical (unpaired) electrons. The number of rotatable bonds is 4. The fourth-order valence-corrected chi connectivity index (χ4v) is 6.26. The van der Waals surface area contributed by atoms with Gasteiger partial charge < -0.3 is 4.42 Å². The van der Waals surface area contributed by atoms with E-state index in [0.29, 0.717) is 17.6 Å². The van der Waals surface area contributed by atoms with E-state index in [9.17, 15) is 0 Å². The number of nitrogens with zero attached hydrogens (tertiary/aromatic N) is 4. The second kappa shape index (κ2) is 9.75. The smallest absolute Gasteiger partial charge is 0.238 e. The van der Waals surface area contributed by atoms with Crippen LogP contribution in [-0.2, 0) is 0 Å². The van der Waals surface area contributed by atoms with Gasteiger partial charge in [0.25, 0.3) is 0 Å². The van der Waals surface area contributed by atoms with Gasteiger partial charge >= 0.3 is 0 Å². The highest BCUT2D eigenvalue weighted by molar-refractivity contribution is 6.13. The molecule has 3 heterocycles. The molecular weight excluding hydrogens is 540 g/mol. The molecule has 0 aliphatic heterocycles. The number of hydrogen-bond acceptors (Lipinski definition) is 4. The quantitative estimate of drug-likeness (QED) is 0.213. The van der Waals surface area contributed by atoms with Crippen LogP contribution >= 0.6 is 0 Å². The first-order chi connectivity index (χ1) is 21.8. The second-order valence-electron chi connectivity index (χ2n) is 10.9. The zero-order chi connectivity index (χ0) is 29.0. The summed E-state index contributed by atoms with van der Waals surface area (Å²) in [6.45, 7) is 0. The van der Waals surface area contributed by atoms with Crippen LogP contribution in [0.25, 0.3) is 83.6 Å². The standard InChI is InChI=1S/C39H24N4O/c1-3-12-25(13-4-1)27-22-23-34-31(24-27)36-30(18-11-21-35(36)44-34)38-40-37(26-14-5-2-6-15-26)41-39(42-38)43-32-19-9-7-16-28(32)29-17-8-10-20-33(29)43/h1-24H. The van der Waals surface area contributed by atoms with Gasteiger partial charge in [-0.1, -0.05) is 115 Å². The Labute approximate surface area is 252 Å². The molecule has 0 atom stereocenters. The molecule has 0 saturated heterocycles. The molecule has 0 spiro atoms. The number of para-hydroxylation sites is 2. The Bertz CT molecular complexity index is 2440. The van der Waals surface area contributed by atoms with E-state index in [0.717, 1.165) is 66.0 Å². The monoisotopic (exact) mass is 564 g/mol. The molecule has 3 aromatic heterocycles. The Hall–Kier alpha value is -6.07. The Morgan fingerprint density at radius 1 is 0.432 bits per heavy atom. The predicted molar refractivity (Wildman–Crippen MR) is 178 cm³/mol. The molecule has 5 nitrogen and oxygen atoms in total. The third-order valence-corrected chi connectivity index (χ3v) is 8.28. The normalized spacial score (nSPS) is 11.6.